The van der Waals surface area contributed by atoms with Crippen LogP contribution in [0.1, 0.15) is 36.5 Å². The highest BCUT2D eigenvalue weighted by Gasteiger charge is 2.28. The fourth-order valence-electron chi connectivity index (χ4n) is 3.24. The summed E-state index contributed by atoms with van der Waals surface area (Å²) in [4.78, 5) is 15.1. The molecule has 0 bridgehead atoms. The minimum Gasteiger partial charge on any atom is -0.334 e. The number of benzene rings is 2. The Balaban J connectivity index is 1.94. The zero-order valence-electron chi connectivity index (χ0n) is 13.5. The van der Waals surface area contributed by atoms with Gasteiger partial charge in [-0.05, 0) is 30.8 Å². The first-order valence-corrected chi connectivity index (χ1v) is 8.79. The average molecular weight is 331 g/mol. The van der Waals surface area contributed by atoms with E-state index in [0.717, 1.165) is 49.7 Å². The molecule has 1 atom stereocenters. The molecule has 1 fully saturated rings. The van der Waals surface area contributed by atoms with Gasteiger partial charge in [-0.3, -0.25) is 4.79 Å². The maximum absolute atomic E-state index is 13.1. The smallest absolute Gasteiger partial charge is 0.255 e. The van der Waals surface area contributed by atoms with Crippen LogP contribution in [0.5, 0.6) is 0 Å². The molecule has 122 valence electrons. The molecule has 0 saturated carbocycles. The highest BCUT2D eigenvalue weighted by Crippen LogP contribution is 2.29. The maximum Gasteiger partial charge on any atom is 0.255 e. The molecule has 4 heteroatoms. The number of fused-ring (bicyclic) bond motifs is 1. The molecule has 0 unspecified atom stereocenters. The van der Waals surface area contributed by atoms with Gasteiger partial charge in [0.05, 0.1) is 10.6 Å². The van der Waals surface area contributed by atoms with Crippen LogP contribution in [0.25, 0.3) is 10.8 Å². The van der Waals surface area contributed by atoms with Crippen molar-refractivity contribution in [3.05, 3.63) is 47.0 Å². The molecule has 0 aromatic heterocycles. The van der Waals surface area contributed by atoms with E-state index in [2.05, 4.69) is 12.2 Å². The fourth-order valence-corrected chi connectivity index (χ4v) is 3.55. The molecule has 1 aliphatic rings. The Labute approximate surface area is 142 Å². The summed E-state index contributed by atoms with van der Waals surface area (Å²) in [7, 11) is 0. The standard InChI is InChI=1S/C19H23ClN2O/c1-2-3-12-22(15-10-11-21-13-15)19(23)17-9-8-14-6-4-5-7-16(14)18(17)20/h4-9,15,21H,2-3,10-13H2,1H3/t15-/m1/s1. The second-order valence-corrected chi connectivity index (χ2v) is 6.52. The Morgan fingerprint density at radius 3 is 2.87 bits per heavy atom. The second kappa shape index (κ2) is 7.33. The van der Waals surface area contributed by atoms with Gasteiger partial charge in [0.15, 0.2) is 0 Å². The predicted molar refractivity (Wildman–Crippen MR) is 96.2 cm³/mol. The van der Waals surface area contributed by atoms with Crippen LogP contribution in [-0.4, -0.2) is 36.5 Å². The molecule has 1 N–H and O–H groups in total. The molecule has 0 radical (unpaired) electrons. The zero-order chi connectivity index (χ0) is 16.2. The molecule has 1 amide bonds. The predicted octanol–water partition coefficient (Wildman–Crippen LogP) is 4.10. The number of nitrogens with one attached hydrogen (secondary N) is 1. The fraction of sp³-hybridized carbons (Fsp3) is 0.421. The van der Waals surface area contributed by atoms with E-state index in [4.69, 9.17) is 11.6 Å². The first-order chi connectivity index (χ1) is 11.2. The topological polar surface area (TPSA) is 32.3 Å². The van der Waals surface area contributed by atoms with E-state index in [1.54, 1.807) is 0 Å². The molecule has 0 aliphatic carbocycles. The number of carbonyl (C=O) groups excluding carboxylic acids is 1. The number of unbranched alkanes of at least 4 members (excludes halogenated alkanes) is 1. The molecule has 23 heavy (non-hydrogen) atoms. The van der Waals surface area contributed by atoms with Gasteiger partial charge in [0.25, 0.3) is 5.91 Å². The summed E-state index contributed by atoms with van der Waals surface area (Å²) in [5.74, 6) is 0.0582. The lowest BCUT2D eigenvalue weighted by molar-refractivity contribution is 0.0689. The third kappa shape index (κ3) is 3.36. The Morgan fingerprint density at radius 1 is 1.30 bits per heavy atom. The Hall–Kier alpha value is -1.58. The van der Waals surface area contributed by atoms with Gasteiger partial charge >= 0.3 is 0 Å². The number of carbonyl (C=O) groups is 1. The molecule has 3 rings (SSSR count). The molecule has 2 aromatic carbocycles. The van der Waals surface area contributed by atoms with Gasteiger partial charge < -0.3 is 10.2 Å². The highest BCUT2D eigenvalue weighted by molar-refractivity contribution is 6.38. The Bertz CT molecular complexity index is 695. The van der Waals surface area contributed by atoms with Crippen molar-refractivity contribution in [3.8, 4) is 0 Å². The van der Waals surface area contributed by atoms with Crippen LogP contribution in [-0.2, 0) is 0 Å². The van der Waals surface area contributed by atoms with Gasteiger partial charge in [-0.15, -0.1) is 0 Å². The average Bonchev–Trinajstić information content (AvgIpc) is 3.10. The maximum atomic E-state index is 13.1. The summed E-state index contributed by atoms with van der Waals surface area (Å²) in [6.45, 7) is 4.80. The van der Waals surface area contributed by atoms with E-state index in [1.165, 1.54) is 0 Å². The van der Waals surface area contributed by atoms with E-state index in [0.29, 0.717) is 10.6 Å². The van der Waals surface area contributed by atoms with Crippen LogP contribution < -0.4 is 5.32 Å². The SMILES string of the molecule is CCCCN(C(=O)c1ccc2ccccc2c1Cl)[C@@H]1CCNC1. The van der Waals surface area contributed by atoms with Gasteiger partial charge in [0, 0.05) is 24.5 Å². The van der Waals surface area contributed by atoms with Crippen LogP contribution in [0.4, 0.5) is 0 Å². The van der Waals surface area contributed by atoms with Gasteiger partial charge in [-0.1, -0.05) is 55.3 Å². The number of nitrogens with zero attached hydrogens (tertiary/aromatic N) is 1. The first-order valence-electron chi connectivity index (χ1n) is 8.41. The van der Waals surface area contributed by atoms with Crippen molar-refractivity contribution in [1.29, 1.82) is 0 Å². The van der Waals surface area contributed by atoms with Crippen molar-refractivity contribution in [3.63, 3.8) is 0 Å². The van der Waals surface area contributed by atoms with Crippen LogP contribution in [0, 0.1) is 0 Å². The van der Waals surface area contributed by atoms with Crippen molar-refractivity contribution >= 4 is 28.3 Å². The van der Waals surface area contributed by atoms with Crippen LogP contribution in [0.2, 0.25) is 5.02 Å². The van der Waals surface area contributed by atoms with Crippen LogP contribution in [0.3, 0.4) is 0 Å². The van der Waals surface area contributed by atoms with E-state index in [-0.39, 0.29) is 11.9 Å². The third-order valence-corrected chi connectivity index (χ3v) is 4.99. The van der Waals surface area contributed by atoms with Crippen LogP contribution >= 0.6 is 11.6 Å². The molecule has 2 aromatic rings. The van der Waals surface area contributed by atoms with Crippen molar-refractivity contribution in [1.82, 2.24) is 10.2 Å². The van der Waals surface area contributed by atoms with Gasteiger partial charge in [-0.2, -0.15) is 0 Å². The largest absolute Gasteiger partial charge is 0.334 e. The second-order valence-electron chi connectivity index (χ2n) is 6.15. The summed E-state index contributed by atoms with van der Waals surface area (Å²) >= 11 is 6.56. The lowest BCUT2D eigenvalue weighted by atomic mass is 10.0. The summed E-state index contributed by atoms with van der Waals surface area (Å²) in [6, 6.07) is 12.1. The molecule has 3 nitrogen and oxygen atoms in total. The number of hydrogen-bond acceptors (Lipinski definition) is 2. The molecule has 1 heterocycles. The number of rotatable bonds is 5. The van der Waals surface area contributed by atoms with Crippen molar-refractivity contribution in [2.45, 2.75) is 32.2 Å². The van der Waals surface area contributed by atoms with E-state index < -0.39 is 0 Å². The minimum absolute atomic E-state index is 0.0582. The van der Waals surface area contributed by atoms with Gasteiger partial charge in [0.2, 0.25) is 0 Å². The minimum atomic E-state index is 0.0582. The van der Waals surface area contributed by atoms with Crippen molar-refractivity contribution < 1.29 is 4.79 Å². The zero-order valence-corrected chi connectivity index (χ0v) is 14.3. The molecule has 1 saturated heterocycles. The van der Waals surface area contributed by atoms with E-state index >= 15 is 0 Å². The monoisotopic (exact) mass is 330 g/mol. The van der Waals surface area contributed by atoms with Crippen molar-refractivity contribution in [2.24, 2.45) is 0 Å². The lowest BCUT2D eigenvalue weighted by Gasteiger charge is -2.29. The highest BCUT2D eigenvalue weighted by atomic mass is 35.5. The molecular weight excluding hydrogens is 308 g/mol. The normalized spacial score (nSPS) is 17.6. The first kappa shape index (κ1) is 16.3. The Kier molecular flexibility index (Phi) is 5.19. The number of hydrogen-bond donors (Lipinski definition) is 1. The van der Waals surface area contributed by atoms with Gasteiger partial charge in [0.1, 0.15) is 0 Å². The molecule has 1 aliphatic heterocycles. The van der Waals surface area contributed by atoms with E-state index in [9.17, 15) is 4.79 Å². The van der Waals surface area contributed by atoms with E-state index in [1.807, 2.05) is 41.3 Å². The summed E-state index contributed by atoms with van der Waals surface area (Å²) < 4.78 is 0. The molecular formula is C19H23ClN2O. The summed E-state index contributed by atoms with van der Waals surface area (Å²) in [6.07, 6.45) is 3.11. The summed E-state index contributed by atoms with van der Waals surface area (Å²) in [5.41, 5.74) is 0.619. The van der Waals surface area contributed by atoms with Crippen LogP contribution in [0.15, 0.2) is 36.4 Å². The Morgan fingerprint density at radius 2 is 2.13 bits per heavy atom. The quantitative estimate of drug-likeness (QED) is 0.895. The number of halogens is 1. The summed E-state index contributed by atoms with van der Waals surface area (Å²) in [5, 5.41) is 5.93. The van der Waals surface area contributed by atoms with Crippen molar-refractivity contribution in [2.75, 3.05) is 19.6 Å². The number of amides is 1. The van der Waals surface area contributed by atoms with Gasteiger partial charge in [-0.25, -0.2) is 0 Å². The molecule has 0 spiro atoms. The third-order valence-electron chi connectivity index (χ3n) is 4.58. The lowest BCUT2D eigenvalue weighted by Crippen LogP contribution is -2.42.